The molecule has 0 bridgehead atoms. The molecule has 0 saturated heterocycles. The Morgan fingerprint density at radius 1 is 0.721 bits per heavy atom. The van der Waals surface area contributed by atoms with E-state index in [1.165, 1.54) is 5.56 Å². The van der Waals surface area contributed by atoms with Crippen LogP contribution in [0.2, 0.25) is 0 Å². The van der Waals surface area contributed by atoms with Gasteiger partial charge in [-0.3, -0.25) is 9.55 Å². The Hall–Kier alpha value is -5.57. The molecule has 0 atom stereocenters. The van der Waals surface area contributed by atoms with Crippen LogP contribution in [-0.4, -0.2) is 19.6 Å². The normalized spacial score (nSPS) is 13.6. The third-order valence-corrected chi connectivity index (χ3v) is 11.1. The molecule has 1 N–H and O–H groups in total. The van der Waals surface area contributed by atoms with E-state index in [0.717, 1.165) is 45.4 Å². The Labute approximate surface area is 388 Å². The van der Waals surface area contributed by atoms with Gasteiger partial charge in [-0.05, 0) is 98.8 Å². The molecule has 0 aliphatic carbocycles. The van der Waals surface area contributed by atoms with Crippen molar-refractivity contribution in [2.45, 2.75) is 86.0 Å². The van der Waals surface area contributed by atoms with E-state index in [9.17, 15) is 6.48 Å². The van der Waals surface area contributed by atoms with E-state index in [4.69, 9.17) is 14.6 Å². The first-order chi connectivity index (χ1) is 32.1. The number of hydrogen-bond donors (Lipinski definition) is 1. The minimum absolute atomic E-state index is 0. The second-order valence-corrected chi connectivity index (χ2v) is 17.7. The van der Waals surface area contributed by atoms with Gasteiger partial charge in [-0.1, -0.05) is 164 Å². The van der Waals surface area contributed by atoms with E-state index >= 15 is 0 Å². The number of imidazole rings is 1. The molecule has 0 unspecified atom stereocenters. The molecule has 2 aromatic heterocycles. The number of hydrogen-bond acceptors (Lipinski definition) is 3. The third-order valence-electron chi connectivity index (χ3n) is 11.1. The zero-order chi connectivity index (χ0) is 49.3. The van der Waals surface area contributed by atoms with E-state index in [-0.39, 0.29) is 61.5 Å². The van der Waals surface area contributed by atoms with E-state index in [2.05, 4.69) is 126 Å². The summed E-state index contributed by atoms with van der Waals surface area (Å²) in [6.07, 6.45) is 0.318. The fourth-order valence-corrected chi connectivity index (χ4v) is 7.83. The standard InChI is InChI=1S/C56H56N3O.Pt/c1-35(2)27-42-31-46(23-24-47(42)39-19-14-11-15-20-39)59-52-22-16-21-48(53(52)58-55(59)50-33-41(36(3)4)32-49(37(5)6)54(50)60)43-28-44(30-45(29-43)56(7,8)9)51-34-40(25-26-57-51)38-17-12-10-13-18-38;/h10-26,29-37,60H,27H2,1-9H3;/q-1;/i10D,12D,13D,17D,18D,25D,26D,34D;. The van der Waals surface area contributed by atoms with Gasteiger partial charge in [0.05, 0.1) is 27.6 Å². The average Bonchev–Trinajstić information content (AvgIpc) is 3.69. The Morgan fingerprint density at radius 2 is 1.46 bits per heavy atom. The molecule has 0 aliphatic rings. The van der Waals surface area contributed by atoms with Crippen molar-refractivity contribution in [2.75, 3.05) is 0 Å². The van der Waals surface area contributed by atoms with Crippen LogP contribution in [0.5, 0.6) is 5.75 Å². The van der Waals surface area contributed by atoms with Gasteiger partial charge in [0.25, 0.3) is 0 Å². The minimum Gasteiger partial charge on any atom is -0.507 e. The van der Waals surface area contributed by atoms with Crippen molar-refractivity contribution < 1.29 is 37.1 Å². The predicted octanol–water partition coefficient (Wildman–Crippen LogP) is 15.0. The largest absolute Gasteiger partial charge is 0.507 e. The summed E-state index contributed by atoms with van der Waals surface area (Å²) in [5, 5.41) is 12.2. The Bertz CT molecular complexity index is 3260. The van der Waals surface area contributed by atoms with Crippen molar-refractivity contribution >= 4 is 11.0 Å². The van der Waals surface area contributed by atoms with Gasteiger partial charge in [-0.25, -0.2) is 4.98 Å². The van der Waals surface area contributed by atoms with E-state index in [1.807, 2.05) is 42.5 Å². The van der Waals surface area contributed by atoms with Gasteiger partial charge in [0.2, 0.25) is 0 Å². The van der Waals surface area contributed by atoms with Crippen LogP contribution in [0.4, 0.5) is 0 Å². The molecular weight excluding hydrogens is 926 g/mol. The van der Waals surface area contributed by atoms with E-state index in [0.29, 0.717) is 39.5 Å². The first kappa shape index (κ1) is 34.1. The van der Waals surface area contributed by atoms with Crippen molar-refractivity contribution in [3.05, 3.63) is 168 Å². The fraction of sp³-hybridized carbons (Fsp3) is 0.250. The number of pyridine rings is 1. The number of phenolic OH excluding ortho intramolecular Hbond substituents is 1. The number of para-hydroxylation sites is 1. The summed E-state index contributed by atoms with van der Waals surface area (Å²) < 4.78 is 71.5. The monoisotopic (exact) mass is 989 g/mol. The molecule has 2 heterocycles. The predicted molar refractivity (Wildman–Crippen MR) is 252 cm³/mol. The van der Waals surface area contributed by atoms with Gasteiger partial charge in [0.1, 0.15) is 11.6 Å². The number of rotatable bonds is 10. The molecule has 0 saturated carbocycles. The van der Waals surface area contributed by atoms with E-state index in [1.54, 1.807) is 0 Å². The summed E-state index contributed by atoms with van der Waals surface area (Å²) in [6.45, 7) is 19.0. The topological polar surface area (TPSA) is 50.9 Å². The quantitative estimate of drug-likeness (QED) is 0.139. The van der Waals surface area contributed by atoms with Crippen LogP contribution in [-0.2, 0) is 32.9 Å². The average molecular weight is 990 g/mol. The van der Waals surface area contributed by atoms with E-state index < -0.39 is 47.8 Å². The third kappa shape index (κ3) is 8.93. The Kier molecular flexibility index (Phi) is 9.94. The summed E-state index contributed by atoms with van der Waals surface area (Å²) >= 11 is 0. The molecule has 0 spiro atoms. The summed E-state index contributed by atoms with van der Waals surface area (Å²) in [4.78, 5) is 9.93. The maximum absolute atomic E-state index is 12.2. The zero-order valence-corrected chi connectivity index (χ0v) is 38.5. The van der Waals surface area contributed by atoms with Gasteiger partial charge < -0.3 is 5.11 Å². The molecule has 61 heavy (non-hydrogen) atoms. The molecule has 4 nitrogen and oxygen atoms in total. The number of benzene rings is 6. The molecule has 8 rings (SSSR count). The summed E-state index contributed by atoms with van der Waals surface area (Å²) in [7, 11) is 0. The smallest absolute Gasteiger partial charge is 0.148 e. The second-order valence-electron chi connectivity index (χ2n) is 17.7. The minimum atomic E-state index is -0.604. The van der Waals surface area contributed by atoms with Crippen molar-refractivity contribution in [3.8, 4) is 67.5 Å². The van der Waals surface area contributed by atoms with Gasteiger partial charge >= 0.3 is 0 Å². The van der Waals surface area contributed by atoms with Crippen LogP contribution < -0.4 is 0 Å². The summed E-state index contributed by atoms with van der Waals surface area (Å²) in [6, 6.07) is 30.5. The van der Waals surface area contributed by atoms with Crippen molar-refractivity contribution in [1.82, 2.24) is 14.5 Å². The molecule has 0 aliphatic heterocycles. The zero-order valence-electron chi connectivity index (χ0n) is 44.2. The van der Waals surface area contributed by atoms with Crippen LogP contribution in [0, 0.1) is 12.0 Å². The van der Waals surface area contributed by atoms with Crippen molar-refractivity contribution in [3.63, 3.8) is 0 Å². The number of fused-ring (bicyclic) bond motifs is 1. The Morgan fingerprint density at radius 3 is 2.15 bits per heavy atom. The van der Waals surface area contributed by atoms with Crippen molar-refractivity contribution in [2.24, 2.45) is 5.92 Å². The Balaban J connectivity index is 0.00000703. The number of aromatic nitrogens is 3. The van der Waals surface area contributed by atoms with Crippen molar-refractivity contribution in [1.29, 1.82) is 0 Å². The molecule has 312 valence electrons. The molecule has 6 aromatic carbocycles. The van der Waals surface area contributed by atoms with Gasteiger partial charge in [0, 0.05) is 38.6 Å². The number of phenols is 1. The fourth-order valence-electron chi connectivity index (χ4n) is 7.83. The molecule has 8 aromatic rings. The second kappa shape index (κ2) is 17.8. The van der Waals surface area contributed by atoms with Crippen LogP contribution in [0.15, 0.2) is 139 Å². The molecular formula is C56H56N3OPt-. The molecule has 0 amide bonds. The van der Waals surface area contributed by atoms with Gasteiger partial charge in [-0.15, -0.1) is 29.3 Å². The molecule has 0 radical (unpaired) electrons. The number of nitrogens with zero attached hydrogens (tertiary/aromatic N) is 3. The van der Waals surface area contributed by atoms with Gasteiger partial charge in [-0.2, -0.15) is 0 Å². The first-order valence-electron chi connectivity index (χ1n) is 24.8. The summed E-state index contributed by atoms with van der Waals surface area (Å²) in [5.41, 5.74) is 9.68. The molecule has 0 fully saturated rings. The van der Waals surface area contributed by atoms with Crippen LogP contribution in [0.25, 0.3) is 72.7 Å². The first-order valence-corrected chi connectivity index (χ1v) is 20.8. The molecule has 5 heteroatoms. The van der Waals surface area contributed by atoms with Crippen LogP contribution >= 0.6 is 0 Å². The maximum Gasteiger partial charge on any atom is 0.148 e. The van der Waals surface area contributed by atoms with Gasteiger partial charge in [0.15, 0.2) is 0 Å². The SMILES string of the molecule is [2H]c1nc(-c2[c-]c(-c3cccc4c3nc(-c3cc(C(C)C)cc(C(C)C)c3O)n4-c3ccc(-c4ccccc4)c(CC(C)C)c3)cc(C(C)(C)C)c2)c([2H])c(-c2c([2H])c([2H])c([2H])c([2H])c2[2H])c1[2H].[Pt]. The summed E-state index contributed by atoms with van der Waals surface area (Å²) in [5.74, 6) is 1.30. The maximum atomic E-state index is 12.2. The number of aromatic hydroxyl groups is 1. The van der Waals surface area contributed by atoms with Crippen LogP contribution in [0.3, 0.4) is 0 Å². The van der Waals surface area contributed by atoms with Crippen LogP contribution in [0.1, 0.15) is 107 Å².